The number of methoxy groups -OCH3 is 1. The summed E-state index contributed by atoms with van der Waals surface area (Å²) in [6, 6.07) is 29.2. The van der Waals surface area contributed by atoms with E-state index in [9.17, 15) is 0 Å². The van der Waals surface area contributed by atoms with Gasteiger partial charge in [0.15, 0.2) is 5.75 Å². The average molecular weight is 422 g/mol. The smallest absolute Gasteiger partial charge is 0.156 e. The molecule has 3 aromatic carbocycles. The van der Waals surface area contributed by atoms with Crippen LogP contribution in [-0.2, 0) is 5.54 Å². The lowest BCUT2D eigenvalue weighted by molar-refractivity contribution is 0.232. The maximum absolute atomic E-state index is 6.04. The van der Waals surface area contributed by atoms with Crippen molar-refractivity contribution in [3.8, 4) is 17.0 Å². The molecular weight excluding hydrogens is 394 g/mol. The molecule has 0 saturated heterocycles. The van der Waals surface area contributed by atoms with Crippen LogP contribution in [0.3, 0.4) is 0 Å². The van der Waals surface area contributed by atoms with Crippen LogP contribution in [0.4, 0.5) is 0 Å². The summed E-state index contributed by atoms with van der Waals surface area (Å²) in [5.41, 5.74) is 4.91. The van der Waals surface area contributed by atoms with Gasteiger partial charge in [0.05, 0.1) is 30.3 Å². The molecule has 2 heterocycles. The molecule has 5 rings (SSSR count). The summed E-state index contributed by atoms with van der Waals surface area (Å²) in [5.74, 6) is 1.71. The van der Waals surface area contributed by atoms with E-state index in [1.54, 1.807) is 7.11 Å². The molecular formula is C28H27N3O. The Morgan fingerprint density at radius 1 is 0.906 bits per heavy atom. The first-order valence-corrected chi connectivity index (χ1v) is 11.1. The number of aromatic nitrogens is 1. The van der Waals surface area contributed by atoms with Crippen LogP contribution in [0, 0.1) is 0 Å². The van der Waals surface area contributed by atoms with Gasteiger partial charge in [0.1, 0.15) is 11.5 Å². The van der Waals surface area contributed by atoms with Gasteiger partial charge in [-0.25, -0.2) is 4.98 Å². The second-order valence-corrected chi connectivity index (χ2v) is 8.20. The number of nitrogens with zero attached hydrogens (tertiary/aromatic N) is 3. The lowest BCUT2D eigenvalue weighted by atomic mass is 9.86. The third-order valence-electron chi connectivity index (χ3n) is 6.67. The number of ether oxygens (including phenoxy) is 1. The molecule has 4 aromatic rings. The van der Waals surface area contributed by atoms with Gasteiger partial charge in [0.25, 0.3) is 0 Å². The van der Waals surface area contributed by atoms with Crippen LogP contribution in [0.2, 0.25) is 0 Å². The Hall–Kier alpha value is -3.66. The van der Waals surface area contributed by atoms with E-state index in [4.69, 9.17) is 14.7 Å². The van der Waals surface area contributed by atoms with E-state index in [1.165, 1.54) is 5.56 Å². The summed E-state index contributed by atoms with van der Waals surface area (Å²) in [6.07, 6.45) is 0.956. The molecule has 0 amide bonds. The van der Waals surface area contributed by atoms with Crippen molar-refractivity contribution in [3.05, 3.63) is 96.1 Å². The molecule has 0 radical (unpaired) electrons. The Labute approximate surface area is 189 Å². The van der Waals surface area contributed by atoms with Crippen molar-refractivity contribution in [3.63, 3.8) is 0 Å². The first-order chi connectivity index (χ1) is 15.7. The third-order valence-corrected chi connectivity index (χ3v) is 6.67. The minimum atomic E-state index is -0.182. The molecule has 0 aliphatic carbocycles. The molecule has 4 nitrogen and oxygen atoms in total. The molecule has 1 atom stereocenters. The number of rotatable bonds is 5. The molecule has 1 aliphatic heterocycles. The molecule has 0 N–H and O–H groups in total. The van der Waals surface area contributed by atoms with Crippen molar-refractivity contribution < 1.29 is 4.74 Å². The lowest BCUT2D eigenvalue weighted by Gasteiger charge is -2.38. The van der Waals surface area contributed by atoms with E-state index in [-0.39, 0.29) is 5.54 Å². The van der Waals surface area contributed by atoms with Crippen LogP contribution < -0.4 is 4.74 Å². The van der Waals surface area contributed by atoms with E-state index < -0.39 is 0 Å². The van der Waals surface area contributed by atoms with E-state index >= 15 is 0 Å². The van der Waals surface area contributed by atoms with Gasteiger partial charge in [-0.2, -0.15) is 0 Å². The maximum Gasteiger partial charge on any atom is 0.156 e. The number of hydrogen-bond acceptors (Lipinski definition) is 4. The highest BCUT2D eigenvalue weighted by Gasteiger charge is 2.42. The van der Waals surface area contributed by atoms with Gasteiger partial charge in [-0.1, -0.05) is 85.8 Å². The Morgan fingerprint density at radius 3 is 2.25 bits per heavy atom. The SMILES string of the molecule is CCC1(c2ccccc2)CN=C(c2c(OC)c(-c3ccccc3)nc3ccccc23)N1C. The molecule has 0 spiro atoms. The molecule has 4 heteroatoms. The van der Waals surface area contributed by atoms with Crippen LogP contribution in [-0.4, -0.2) is 36.4 Å². The van der Waals surface area contributed by atoms with Crippen LogP contribution in [0.25, 0.3) is 22.2 Å². The highest BCUT2D eigenvalue weighted by Crippen LogP contribution is 2.42. The second kappa shape index (κ2) is 8.12. The summed E-state index contributed by atoms with van der Waals surface area (Å²) in [7, 11) is 3.88. The predicted molar refractivity (Wildman–Crippen MR) is 131 cm³/mol. The van der Waals surface area contributed by atoms with Crippen LogP contribution >= 0.6 is 0 Å². The van der Waals surface area contributed by atoms with Gasteiger partial charge in [0, 0.05) is 18.0 Å². The van der Waals surface area contributed by atoms with Crippen molar-refractivity contribution in [1.29, 1.82) is 0 Å². The summed E-state index contributed by atoms with van der Waals surface area (Å²) < 4.78 is 6.04. The first-order valence-electron chi connectivity index (χ1n) is 11.1. The van der Waals surface area contributed by atoms with Crippen molar-refractivity contribution >= 4 is 16.7 Å². The first kappa shape index (κ1) is 20.3. The van der Waals surface area contributed by atoms with Crippen molar-refractivity contribution in [1.82, 2.24) is 9.88 Å². The fourth-order valence-electron chi connectivity index (χ4n) is 4.86. The molecule has 0 saturated carbocycles. The largest absolute Gasteiger partial charge is 0.494 e. The quantitative estimate of drug-likeness (QED) is 0.402. The number of benzene rings is 3. The zero-order valence-corrected chi connectivity index (χ0v) is 18.7. The van der Waals surface area contributed by atoms with Crippen LogP contribution in [0.1, 0.15) is 24.5 Å². The number of amidine groups is 1. The number of likely N-dealkylation sites (N-methyl/N-ethyl adjacent to an activating group) is 1. The minimum Gasteiger partial charge on any atom is -0.494 e. The van der Waals surface area contributed by atoms with Crippen molar-refractivity contribution in [2.45, 2.75) is 18.9 Å². The molecule has 160 valence electrons. The highest BCUT2D eigenvalue weighted by molar-refractivity contribution is 6.13. The van der Waals surface area contributed by atoms with Crippen LogP contribution in [0.5, 0.6) is 5.75 Å². The predicted octanol–water partition coefficient (Wildman–Crippen LogP) is 5.91. The van der Waals surface area contributed by atoms with E-state index in [0.29, 0.717) is 6.54 Å². The third kappa shape index (κ3) is 3.06. The van der Waals surface area contributed by atoms with Crippen molar-refractivity contribution in [2.75, 3.05) is 20.7 Å². The van der Waals surface area contributed by atoms with Gasteiger partial charge in [-0.15, -0.1) is 0 Å². The molecule has 1 aliphatic rings. The summed E-state index contributed by atoms with van der Waals surface area (Å²) in [4.78, 5) is 12.4. The Kier molecular flexibility index (Phi) is 5.14. The Bertz CT molecular complexity index is 1280. The van der Waals surface area contributed by atoms with Gasteiger partial charge in [0.2, 0.25) is 0 Å². The normalized spacial score (nSPS) is 18.1. The fourth-order valence-corrected chi connectivity index (χ4v) is 4.86. The minimum absolute atomic E-state index is 0.182. The van der Waals surface area contributed by atoms with E-state index in [1.807, 2.05) is 24.3 Å². The fraction of sp³-hybridized carbons (Fsp3) is 0.214. The summed E-state index contributed by atoms with van der Waals surface area (Å²) >= 11 is 0. The van der Waals surface area contributed by atoms with Crippen LogP contribution in [0.15, 0.2) is 89.9 Å². The molecule has 0 fully saturated rings. The highest BCUT2D eigenvalue weighted by atomic mass is 16.5. The van der Waals surface area contributed by atoms with Gasteiger partial charge < -0.3 is 9.64 Å². The topological polar surface area (TPSA) is 37.7 Å². The maximum atomic E-state index is 6.04. The number of para-hydroxylation sites is 1. The Balaban J connectivity index is 1.74. The van der Waals surface area contributed by atoms with Gasteiger partial charge in [-0.3, -0.25) is 4.99 Å². The second-order valence-electron chi connectivity index (χ2n) is 8.20. The summed E-state index contributed by atoms with van der Waals surface area (Å²) in [6.45, 7) is 2.94. The molecule has 1 unspecified atom stereocenters. The molecule has 0 bridgehead atoms. The van der Waals surface area contributed by atoms with E-state index in [0.717, 1.165) is 45.7 Å². The number of aliphatic imine (C=N–C) groups is 1. The number of fused-ring (bicyclic) bond motifs is 1. The van der Waals surface area contributed by atoms with Crippen molar-refractivity contribution in [2.24, 2.45) is 4.99 Å². The van der Waals surface area contributed by atoms with E-state index in [2.05, 4.69) is 79.5 Å². The zero-order chi connectivity index (χ0) is 22.1. The Morgan fingerprint density at radius 2 is 1.56 bits per heavy atom. The average Bonchev–Trinajstić information content (AvgIpc) is 3.20. The number of hydrogen-bond donors (Lipinski definition) is 0. The van der Waals surface area contributed by atoms with Gasteiger partial charge in [-0.05, 0) is 18.1 Å². The summed E-state index contributed by atoms with van der Waals surface area (Å²) in [5, 5.41) is 1.05. The monoisotopic (exact) mass is 421 g/mol. The van der Waals surface area contributed by atoms with Gasteiger partial charge >= 0.3 is 0 Å². The lowest BCUT2D eigenvalue weighted by Crippen LogP contribution is -2.44. The standard InChI is InChI=1S/C28H27N3O/c1-4-28(21-15-9-6-10-16-21)19-29-27(31(28)2)24-22-17-11-12-18-23(22)30-25(26(24)32-3)20-13-7-5-8-14-20/h5-18H,4,19H2,1-3H3. The number of pyridine rings is 1. The zero-order valence-electron chi connectivity index (χ0n) is 18.7. The molecule has 32 heavy (non-hydrogen) atoms. The molecule has 1 aromatic heterocycles.